The predicted molar refractivity (Wildman–Crippen MR) is 53.5 cm³/mol. The fraction of sp³-hybridized carbons (Fsp3) is 0.273. The van der Waals surface area contributed by atoms with Gasteiger partial charge in [0.2, 0.25) is 0 Å². The molecule has 0 saturated carbocycles. The van der Waals surface area contributed by atoms with Crippen molar-refractivity contribution in [1.82, 2.24) is 0 Å². The van der Waals surface area contributed by atoms with Crippen LogP contribution < -0.4 is 0 Å². The van der Waals surface area contributed by atoms with Crippen LogP contribution in [0.1, 0.15) is 25.0 Å². The SMILES string of the molecule is CC1(C)C=Cc2cc(Cl)ccc21. The van der Waals surface area contributed by atoms with Crippen LogP contribution in [0.2, 0.25) is 5.02 Å². The van der Waals surface area contributed by atoms with Crippen molar-refractivity contribution < 1.29 is 0 Å². The molecule has 1 aliphatic rings. The molecule has 0 spiro atoms. The van der Waals surface area contributed by atoms with Crippen LogP contribution in [0.3, 0.4) is 0 Å². The molecule has 0 N–H and O–H groups in total. The molecule has 0 atom stereocenters. The minimum Gasteiger partial charge on any atom is -0.0843 e. The van der Waals surface area contributed by atoms with E-state index in [9.17, 15) is 0 Å². The van der Waals surface area contributed by atoms with E-state index in [0.717, 1.165) is 5.02 Å². The molecule has 0 unspecified atom stereocenters. The summed E-state index contributed by atoms with van der Waals surface area (Å²) in [6, 6.07) is 6.08. The van der Waals surface area contributed by atoms with Crippen LogP contribution in [-0.4, -0.2) is 0 Å². The van der Waals surface area contributed by atoms with Crippen LogP contribution in [0, 0.1) is 0 Å². The lowest BCUT2D eigenvalue weighted by atomic mass is 9.87. The molecule has 1 aromatic rings. The van der Waals surface area contributed by atoms with Gasteiger partial charge in [-0.05, 0) is 23.3 Å². The van der Waals surface area contributed by atoms with Crippen molar-refractivity contribution in [3.63, 3.8) is 0 Å². The highest BCUT2D eigenvalue weighted by Crippen LogP contribution is 2.36. The second-order valence-corrected chi connectivity index (χ2v) is 4.22. The Bertz CT molecular complexity index is 348. The van der Waals surface area contributed by atoms with E-state index in [4.69, 9.17) is 11.6 Å². The van der Waals surface area contributed by atoms with Gasteiger partial charge in [0.25, 0.3) is 0 Å². The van der Waals surface area contributed by atoms with E-state index in [1.807, 2.05) is 12.1 Å². The summed E-state index contributed by atoms with van der Waals surface area (Å²) >= 11 is 5.88. The molecule has 12 heavy (non-hydrogen) atoms. The van der Waals surface area contributed by atoms with Gasteiger partial charge < -0.3 is 0 Å². The number of allylic oxidation sites excluding steroid dienone is 1. The summed E-state index contributed by atoms with van der Waals surface area (Å²) in [6.45, 7) is 4.42. The monoisotopic (exact) mass is 178 g/mol. The van der Waals surface area contributed by atoms with Gasteiger partial charge in [0, 0.05) is 10.4 Å². The molecule has 0 aromatic heterocycles. The molecule has 1 aliphatic carbocycles. The molecule has 0 amide bonds. The number of benzene rings is 1. The van der Waals surface area contributed by atoms with Gasteiger partial charge in [-0.3, -0.25) is 0 Å². The molecule has 0 bridgehead atoms. The lowest BCUT2D eigenvalue weighted by molar-refractivity contribution is 0.683. The summed E-state index contributed by atoms with van der Waals surface area (Å²) < 4.78 is 0. The Hall–Kier alpha value is -0.750. The summed E-state index contributed by atoms with van der Waals surface area (Å²) in [5.74, 6) is 0. The van der Waals surface area contributed by atoms with Gasteiger partial charge in [0.1, 0.15) is 0 Å². The van der Waals surface area contributed by atoms with Crippen LogP contribution in [0.15, 0.2) is 24.3 Å². The molecule has 0 radical (unpaired) electrons. The van der Waals surface area contributed by atoms with Gasteiger partial charge in [-0.2, -0.15) is 0 Å². The molecule has 0 aliphatic heterocycles. The number of rotatable bonds is 0. The highest BCUT2D eigenvalue weighted by molar-refractivity contribution is 6.30. The Morgan fingerprint density at radius 1 is 1.25 bits per heavy atom. The van der Waals surface area contributed by atoms with Gasteiger partial charge >= 0.3 is 0 Å². The van der Waals surface area contributed by atoms with Gasteiger partial charge in [-0.25, -0.2) is 0 Å². The highest BCUT2D eigenvalue weighted by atomic mass is 35.5. The molecule has 0 nitrogen and oxygen atoms in total. The van der Waals surface area contributed by atoms with Crippen molar-refractivity contribution in [3.8, 4) is 0 Å². The standard InChI is InChI=1S/C11H11Cl/c1-11(2)6-5-8-7-9(12)3-4-10(8)11/h3-7H,1-2H3. The molecule has 2 rings (SSSR count). The molecule has 1 heteroatoms. The Morgan fingerprint density at radius 2 is 2.00 bits per heavy atom. The fourth-order valence-corrected chi connectivity index (χ4v) is 1.83. The van der Waals surface area contributed by atoms with Crippen LogP contribution in [0.5, 0.6) is 0 Å². The minimum absolute atomic E-state index is 0.180. The summed E-state index contributed by atoms with van der Waals surface area (Å²) in [4.78, 5) is 0. The molecular formula is C11H11Cl. The zero-order valence-corrected chi connectivity index (χ0v) is 8.02. The summed E-state index contributed by atoms with van der Waals surface area (Å²) in [5.41, 5.74) is 2.80. The topological polar surface area (TPSA) is 0 Å². The quantitative estimate of drug-likeness (QED) is 0.569. The zero-order chi connectivity index (χ0) is 8.77. The van der Waals surface area contributed by atoms with Crippen LogP contribution in [-0.2, 0) is 5.41 Å². The Morgan fingerprint density at radius 3 is 2.75 bits per heavy atom. The number of halogens is 1. The van der Waals surface area contributed by atoms with E-state index in [2.05, 4.69) is 32.1 Å². The first-order chi connectivity index (χ1) is 5.59. The molecule has 0 saturated heterocycles. The summed E-state index contributed by atoms with van der Waals surface area (Å²) in [5, 5.41) is 0.816. The van der Waals surface area contributed by atoms with Crippen molar-refractivity contribution in [1.29, 1.82) is 0 Å². The molecule has 0 heterocycles. The Balaban J connectivity index is 2.62. The maximum Gasteiger partial charge on any atom is 0.0412 e. The smallest absolute Gasteiger partial charge is 0.0412 e. The Kier molecular flexibility index (Phi) is 1.55. The number of hydrogen-bond donors (Lipinski definition) is 0. The van der Waals surface area contributed by atoms with E-state index < -0.39 is 0 Å². The van der Waals surface area contributed by atoms with Crippen molar-refractivity contribution in [2.75, 3.05) is 0 Å². The van der Waals surface area contributed by atoms with E-state index >= 15 is 0 Å². The van der Waals surface area contributed by atoms with Gasteiger partial charge in [-0.1, -0.05) is 43.7 Å². The van der Waals surface area contributed by atoms with E-state index in [1.165, 1.54) is 11.1 Å². The van der Waals surface area contributed by atoms with Crippen LogP contribution in [0.25, 0.3) is 6.08 Å². The fourth-order valence-electron chi connectivity index (χ4n) is 1.65. The van der Waals surface area contributed by atoms with Crippen molar-refractivity contribution in [3.05, 3.63) is 40.4 Å². The second-order valence-electron chi connectivity index (χ2n) is 3.79. The summed E-state index contributed by atoms with van der Waals surface area (Å²) in [6.07, 6.45) is 4.36. The summed E-state index contributed by atoms with van der Waals surface area (Å²) in [7, 11) is 0. The third-order valence-corrected chi connectivity index (χ3v) is 2.62. The average Bonchev–Trinajstić information content (AvgIpc) is 2.27. The number of hydrogen-bond acceptors (Lipinski definition) is 0. The largest absolute Gasteiger partial charge is 0.0843 e. The lowest BCUT2D eigenvalue weighted by Crippen LogP contribution is -2.10. The zero-order valence-electron chi connectivity index (χ0n) is 7.26. The van der Waals surface area contributed by atoms with Crippen LogP contribution >= 0.6 is 11.6 Å². The van der Waals surface area contributed by atoms with Crippen molar-refractivity contribution in [2.24, 2.45) is 0 Å². The lowest BCUT2D eigenvalue weighted by Gasteiger charge is -2.17. The van der Waals surface area contributed by atoms with Gasteiger partial charge in [-0.15, -0.1) is 0 Å². The molecule has 0 fully saturated rings. The number of fused-ring (bicyclic) bond motifs is 1. The maximum atomic E-state index is 5.88. The molecule has 1 aromatic carbocycles. The van der Waals surface area contributed by atoms with Crippen molar-refractivity contribution in [2.45, 2.75) is 19.3 Å². The third kappa shape index (κ3) is 1.07. The Labute approximate surface area is 77.9 Å². The molecule has 62 valence electrons. The van der Waals surface area contributed by atoms with E-state index in [0.29, 0.717) is 0 Å². The van der Waals surface area contributed by atoms with E-state index in [-0.39, 0.29) is 5.41 Å². The predicted octanol–water partition coefficient (Wildman–Crippen LogP) is 3.64. The normalized spacial score (nSPS) is 17.9. The third-order valence-electron chi connectivity index (χ3n) is 2.39. The molecular weight excluding hydrogens is 168 g/mol. The highest BCUT2D eigenvalue weighted by Gasteiger charge is 2.24. The van der Waals surface area contributed by atoms with Gasteiger partial charge in [0.05, 0.1) is 0 Å². The first kappa shape index (κ1) is 7.88. The van der Waals surface area contributed by atoms with Gasteiger partial charge in [0.15, 0.2) is 0 Å². The minimum atomic E-state index is 0.180. The van der Waals surface area contributed by atoms with E-state index in [1.54, 1.807) is 0 Å². The second kappa shape index (κ2) is 2.37. The average molecular weight is 179 g/mol. The maximum absolute atomic E-state index is 5.88. The van der Waals surface area contributed by atoms with Crippen LogP contribution in [0.4, 0.5) is 0 Å². The van der Waals surface area contributed by atoms with Crippen molar-refractivity contribution >= 4 is 17.7 Å². The first-order valence-corrected chi connectivity index (χ1v) is 4.47. The first-order valence-electron chi connectivity index (χ1n) is 4.09.